The van der Waals surface area contributed by atoms with Gasteiger partial charge in [0, 0.05) is 36.7 Å². The molecule has 0 spiro atoms. The molecule has 18 heavy (non-hydrogen) atoms. The van der Waals surface area contributed by atoms with E-state index in [9.17, 15) is 0 Å². The first-order chi connectivity index (χ1) is 8.65. The average molecular weight is 242 g/mol. The molecule has 0 fully saturated rings. The van der Waals surface area contributed by atoms with Crippen molar-refractivity contribution < 1.29 is 0 Å². The van der Waals surface area contributed by atoms with E-state index in [0.717, 1.165) is 23.4 Å². The van der Waals surface area contributed by atoms with Crippen molar-refractivity contribution in [2.24, 2.45) is 0 Å². The fraction of sp³-hybridized carbons (Fsp3) is 0.357. The molecular weight excluding hydrogens is 224 g/mol. The highest BCUT2D eigenvalue weighted by Crippen LogP contribution is 2.12. The smallest absolute Gasteiger partial charge is 0.178 e. The van der Waals surface area contributed by atoms with Crippen molar-refractivity contribution in [3.8, 4) is 11.5 Å². The molecule has 4 heteroatoms. The second-order valence-electron chi connectivity index (χ2n) is 4.67. The highest BCUT2D eigenvalue weighted by atomic mass is 14.9. The van der Waals surface area contributed by atoms with Gasteiger partial charge in [-0.1, -0.05) is 13.8 Å². The number of aryl methyl sites for hydroxylation is 1. The third kappa shape index (κ3) is 3.34. The lowest BCUT2D eigenvalue weighted by Crippen LogP contribution is -2.21. The van der Waals surface area contributed by atoms with E-state index in [4.69, 9.17) is 0 Å². The van der Waals surface area contributed by atoms with E-state index in [0.29, 0.717) is 11.9 Å². The lowest BCUT2D eigenvalue weighted by atomic mass is 10.2. The molecule has 0 saturated heterocycles. The average Bonchev–Trinajstić information content (AvgIpc) is 2.37. The summed E-state index contributed by atoms with van der Waals surface area (Å²) in [6, 6.07) is 4.41. The van der Waals surface area contributed by atoms with Crippen LogP contribution in [0, 0.1) is 6.92 Å². The molecule has 94 valence electrons. The van der Waals surface area contributed by atoms with Gasteiger partial charge in [0.15, 0.2) is 5.82 Å². The van der Waals surface area contributed by atoms with Crippen LogP contribution in [-0.2, 0) is 6.54 Å². The Morgan fingerprint density at radius 1 is 1.17 bits per heavy atom. The second kappa shape index (κ2) is 5.69. The van der Waals surface area contributed by atoms with Crippen LogP contribution in [0.1, 0.15) is 25.0 Å². The zero-order valence-corrected chi connectivity index (χ0v) is 11.0. The maximum absolute atomic E-state index is 4.35. The quantitative estimate of drug-likeness (QED) is 0.894. The number of nitrogens with zero attached hydrogens (tertiary/aromatic N) is 3. The molecule has 0 aliphatic heterocycles. The molecule has 2 aromatic heterocycles. The number of hydrogen-bond donors (Lipinski definition) is 1. The summed E-state index contributed by atoms with van der Waals surface area (Å²) in [5, 5.41) is 3.33. The van der Waals surface area contributed by atoms with Gasteiger partial charge in [0.1, 0.15) is 5.69 Å². The summed E-state index contributed by atoms with van der Waals surface area (Å²) in [7, 11) is 0. The van der Waals surface area contributed by atoms with Crippen LogP contribution >= 0.6 is 0 Å². The van der Waals surface area contributed by atoms with Crippen LogP contribution in [0.5, 0.6) is 0 Å². The van der Waals surface area contributed by atoms with E-state index in [1.54, 1.807) is 6.20 Å². The zero-order valence-electron chi connectivity index (χ0n) is 11.0. The first kappa shape index (κ1) is 12.6. The Morgan fingerprint density at radius 3 is 2.50 bits per heavy atom. The number of hydrogen-bond acceptors (Lipinski definition) is 4. The molecule has 0 bridgehead atoms. The van der Waals surface area contributed by atoms with Crippen LogP contribution in [0.25, 0.3) is 11.5 Å². The fourth-order valence-electron chi connectivity index (χ4n) is 1.56. The molecule has 1 N–H and O–H groups in total. The minimum atomic E-state index is 0.461. The SMILES string of the molecule is Cc1ccnc(-c2ncc(CNC(C)C)cn2)c1. The predicted molar refractivity (Wildman–Crippen MR) is 72.0 cm³/mol. The van der Waals surface area contributed by atoms with E-state index in [-0.39, 0.29) is 0 Å². The zero-order chi connectivity index (χ0) is 13.0. The molecule has 0 aromatic carbocycles. The number of nitrogens with one attached hydrogen (secondary N) is 1. The number of pyridine rings is 1. The third-order valence-electron chi connectivity index (χ3n) is 2.56. The predicted octanol–water partition coefficient (Wildman–Crippen LogP) is 2.35. The maximum atomic E-state index is 4.35. The lowest BCUT2D eigenvalue weighted by molar-refractivity contribution is 0.587. The van der Waals surface area contributed by atoms with Crippen LogP contribution in [-0.4, -0.2) is 21.0 Å². The maximum Gasteiger partial charge on any atom is 0.178 e. The van der Waals surface area contributed by atoms with Gasteiger partial charge in [-0.3, -0.25) is 4.98 Å². The Kier molecular flexibility index (Phi) is 3.99. The van der Waals surface area contributed by atoms with E-state index in [1.165, 1.54) is 0 Å². The molecule has 0 unspecified atom stereocenters. The Bertz CT molecular complexity index is 505. The van der Waals surface area contributed by atoms with Crippen molar-refractivity contribution in [1.82, 2.24) is 20.3 Å². The van der Waals surface area contributed by atoms with E-state index >= 15 is 0 Å². The van der Waals surface area contributed by atoms with Gasteiger partial charge >= 0.3 is 0 Å². The molecule has 0 atom stereocenters. The van der Waals surface area contributed by atoms with Crippen molar-refractivity contribution in [2.75, 3.05) is 0 Å². The van der Waals surface area contributed by atoms with Crippen molar-refractivity contribution in [1.29, 1.82) is 0 Å². The van der Waals surface area contributed by atoms with Crippen molar-refractivity contribution in [2.45, 2.75) is 33.4 Å². The van der Waals surface area contributed by atoms with Crippen LogP contribution in [0.2, 0.25) is 0 Å². The van der Waals surface area contributed by atoms with Gasteiger partial charge in [-0.2, -0.15) is 0 Å². The normalized spacial score (nSPS) is 10.9. The van der Waals surface area contributed by atoms with Gasteiger partial charge in [0.2, 0.25) is 0 Å². The Morgan fingerprint density at radius 2 is 1.89 bits per heavy atom. The standard InChI is InChI=1S/C14H18N4/c1-10(2)16-7-12-8-17-14(18-9-12)13-6-11(3)4-5-15-13/h4-6,8-10,16H,7H2,1-3H3. The Balaban J connectivity index is 2.12. The Labute approximate surface area is 108 Å². The Hall–Kier alpha value is -1.81. The van der Waals surface area contributed by atoms with E-state index < -0.39 is 0 Å². The second-order valence-corrected chi connectivity index (χ2v) is 4.67. The summed E-state index contributed by atoms with van der Waals surface area (Å²) in [6.45, 7) is 7.06. The molecule has 0 radical (unpaired) electrons. The number of aromatic nitrogens is 3. The highest BCUT2D eigenvalue weighted by Gasteiger charge is 2.03. The van der Waals surface area contributed by atoms with Gasteiger partial charge in [0.05, 0.1) is 0 Å². The van der Waals surface area contributed by atoms with Gasteiger partial charge in [-0.05, 0) is 24.6 Å². The molecule has 0 aliphatic carbocycles. The van der Waals surface area contributed by atoms with Gasteiger partial charge < -0.3 is 5.32 Å². The molecule has 0 saturated carbocycles. The monoisotopic (exact) mass is 242 g/mol. The summed E-state index contributed by atoms with van der Waals surface area (Å²) < 4.78 is 0. The lowest BCUT2D eigenvalue weighted by Gasteiger charge is -2.07. The van der Waals surface area contributed by atoms with Crippen molar-refractivity contribution in [3.63, 3.8) is 0 Å². The molecule has 2 rings (SSSR count). The van der Waals surface area contributed by atoms with E-state index in [1.807, 2.05) is 31.5 Å². The van der Waals surface area contributed by atoms with Crippen LogP contribution < -0.4 is 5.32 Å². The minimum absolute atomic E-state index is 0.461. The van der Waals surface area contributed by atoms with Crippen LogP contribution in [0.15, 0.2) is 30.7 Å². The molecule has 2 aromatic rings. The summed E-state index contributed by atoms with van der Waals surface area (Å²) >= 11 is 0. The number of rotatable bonds is 4. The van der Waals surface area contributed by atoms with Crippen LogP contribution in [0.4, 0.5) is 0 Å². The minimum Gasteiger partial charge on any atom is -0.310 e. The van der Waals surface area contributed by atoms with E-state index in [2.05, 4.69) is 34.1 Å². The van der Waals surface area contributed by atoms with Crippen LogP contribution in [0.3, 0.4) is 0 Å². The van der Waals surface area contributed by atoms with Gasteiger partial charge in [0.25, 0.3) is 0 Å². The first-order valence-electron chi connectivity index (χ1n) is 6.12. The summed E-state index contributed by atoms with van der Waals surface area (Å²) in [5.41, 5.74) is 3.06. The first-order valence-corrected chi connectivity index (χ1v) is 6.12. The summed E-state index contributed by atoms with van der Waals surface area (Å²) in [5.74, 6) is 0.673. The fourth-order valence-corrected chi connectivity index (χ4v) is 1.56. The third-order valence-corrected chi connectivity index (χ3v) is 2.56. The summed E-state index contributed by atoms with van der Waals surface area (Å²) in [6.07, 6.45) is 5.48. The van der Waals surface area contributed by atoms with Gasteiger partial charge in [-0.15, -0.1) is 0 Å². The molecule has 2 heterocycles. The summed E-state index contributed by atoms with van der Waals surface area (Å²) in [4.78, 5) is 13.0. The highest BCUT2D eigenvalue weighted by molar-refractivity contribution is 5.49. The largest absolute Gasteiger partial charge is 0.310 e. The van der Waals surface area contributed by atoms with Crippen molar-refractivity contribution >= 4 is 0 Å². The molecular formula is C14H18N4. The van der Waals surface area contributed by atoms with Crippen molar-refractivity contribution in [3.05, 3.63) is 41.9 Å². The molecule has 0 aliphatic rings. The molecule has 4 nitrogen and oxygen atoms in total. The van der Waals surface area contributed by atoms with Gasteiger partial charge in [-0.25, -0.2) is 9.97 Å². The molecule has 0 amide bonds. The topological polar surface area (TPSA) is 50.7 Å².